The lowest BCUT2D eigenvalue weighted by atomic mass is 9.55. The van der Waals surface area contributed by atoms with Gasteiger partial charge in [0.1, 0.15) is 30.8 Å². The maximum Gasteiger partial charge on any atom is 0.239 e. The summed E-state index contributed by atoms with van der Waals surface area (Å²) in [6.45, 7) is 11.7. The predicted octanol–water partition coefficient (Wildman–Crippen LogP) is 9.84. The van der Waals surface area contributed by atoms with E-state index in [2.05, 4.69) is 32.2 Å². The van der Waals surface area contributed by atoms with E-state index in [1.807, 2.05) is 47.4 Å². The molecule has 0 radical (unpaired) electrons. The third kappa shape index (κ3) is 14.0. The van der Waals surface area contributed by atoms with Crippen LogP contribution in [-0.4, -0.2) is 96.5 Å². The summed E-state index contributed by atoms with van der Waals surface area (Å²) in [6, 6.07) is 15.3. The van der Waals surface area contributed by atoms with Crippen molar-refractivity contribution >= 4 is 11.6 Å². The predicted molar refractivity (Wildman–Crippen MR) is 253 cm³/mol. The smallest absolute Gasteiger partial charge is 0.239 e. The van der Waals surface area contributed by atoms with Crippen LogP contribution in [0.15, 0.2) is 90.6 Å². The van der Waals surface area contributed by atoms with Gasteiger partial charge in [0.15, 0.2) is 0 Å². The van der Waals surface area contributed by atoms with E-state index >= 15 is 0 Å². The summed E-state index contributed by atoms with van der Waals surface area (Å²) in [5.41, 5.74) is 3.72. The molecule has 2 aromatic carbocycles. The summed E-state index contributed by atoms with van der Waals surface area (Å²) >= 11 is 0. The van der Waals surface area contributed by atoms with E-state index in [9.17, 15) is 20.1 Å². The molecule has 1 heterocycles. The van der Waals surface area contributed by atoms with E-state index in [0.29, 0.717) is 43.8 Å². The Morgan fingerprint density at radius 3 is 2.28 bits per heavy atom. The van der Waals surface area contributed by atoms with Crippen molar-refractivity contribution in [1.82, 2.24) is 4.90 Å². The van der Waals surface area contributed by atoms with E-state index in [4.69, 9.17) is 28.9 Å². The largest absolute Gasteiger partial charge is 0.490 e. The topological polar surface area (TPSA) is 140 Å². The lowest BCUT2D eigenvalue weighted by Gasteiger charge is -2.60. The maximum atomic E-state index is 14.9. The first-order chi connectivity index (χ1) is 31.5. The monoisotopic (exact) mass is 887 g/mol. The van der Waals surface area contributed by atoms with Gasteiger partial charge < -0.3 is 44.0 Å². The van der Waals surface area contributed by atoms with Crippen LogP contribution in [0.25, 0.3) is 0 Å². The van der Waals surface area contributed by atoms with Crippen molar-refractivity contribution in [2.75, 3.05) is 52.8 Å². The number of aliphatic hydroxyl groups excluding tert-OH is 3. The third-order valence-corrected chi connectivity index (χ3v) is 13.2. The average molecular weight is 887 g/mol. The number of nitrogens with zero attached hydrogens (tertiary/aromatic N) is 2. The number of hydrogen-bond donors (Lipinski definition) is 3. The van der Waals surface area contributed by atoms with Gasteiger partial charge in [0.05, 0.1) is 38.1 Å². The van der Waals surface area contributed by atoms with Gasteiger partial charge in [0.2, 0.25) is 11.7 Å². The zero-order valence-electron chi connectivity index (χ0n) is 38.7. The second-order valence-corrected chi connectivity index (χ2v) is 17.6. The molecule has 1 fully saturated rings. The van der Waals surface area contributed by atoms with Crippen molar-refractivity contribution in [3.05, 3.63) is 96.6 Å². The molecule has 6 atom stereocenters. The lowest BCUT2D eigenvalue weighted by molar-refractivity contribution is -0.258. The third-order valence-electron chi connectivity index (χ3n) is 13.2. The van der Waals surface area contributed by atoms with Crippen molar-refractivity contribution in [2.45, 2.75) is 140 Å². The Bertz CT molecular complexity index is 1750. The van der Waals surface area contributed by atoms with E-state index in [1.165, 1.54) is 38.5 Å². The van der Waals surface area contributed by atoms with E-state index in [0.717, 1.165) is 67.4 Å². The Morgan fingerprint density at radius 1 is 0.859 bits per heavy atom. The number of hydrogen-bond acceptors (Lipinski definition) is 10. The van der Waals surface area contributed by atoms with Crippen molar-refractivity contribution in [1.29, 1.82) is 0 Å². The van der Waals surface area contributed by atoms with Crippen LogP contribution in [0.3, 0.4) is 0 Å². The highest BCUT2D eigenvalue weighted by Crippen LogP contribution is 2.62. The first-order valence-corrected chi connectivity index (χ1v) is 24.4. The molecule has 354 valence electrons. The molecule has 1 amide bonds. The highest BCUT2D eigenvalue weighted by atomic mass is 16.7. The number of allylic oxidation sites excluding steroid dienone is 1. The first kappa shape index (κ1) is 51.0. The molecule has 0 bridgehead atoms. The summed E-state index contributed by atoms with van der Waals surface area (Å²) in [5.74, 6) is -0.391. The molecule has 11 heteroatoms. The summed E-state index contributed by atoms with van der Waals surface area (Å²) in [7, 11) is 0. The number of amides is 1. The van der Waals surface area contributed by atoms with Crippen LogP contribution in [0.2, 0.25) is 0 Å². The number of rotatable bonds is 33. The second kappa shape index (κ2) is 28.1. The quantitative estimate of drug-likeness (QED) is 0.0363. The molecule has 0 spiro atoms. The molecule has 5 rings (SSSR count). The van der Waals surface area contributed by atoms with Crippen LogP contribution in [0.5, 0.6) is 11.5 Å². The number of carbonyl (C=O) groups is 1. The van der Waals surface area contributed by atoms with Gasteiger partial charge in [0, 0.05) is 44.1 Å². The van der Waals surface area contributed by atoms with Gasteiger partial charge >= 0.3 is 0 Å². The van der Waals surface area contributed by atoms with Gasteiger partial charge in [-0.1, -0.05) is 131 Å². The van der Waals surface area contributed by atoms with Crippen LogP contribution in [-0.2, 0) is 25.7 Å². The zero-order valence-corrected chi connectivity index (χ0v) is 38.7. The van der Waals surface area contributed by atoms with Crippen molar-refractivity contribution in [3.8, 4) is 11.5 Å². The molecule has 11 nitrogen and oxygen atoms in total. The fourth-order valence-electron chi connectivity index (χ4n) is 10.2. The molecule has 0 unspecified atom stereocenters. The Kier molecular flexibility index (Phi) is 22.4. The van der Waals surface area contributed by atoms with Gasteiger partial charge in [-0.3, -0.25) is 4.79 Å². The molecule has 3 N–H and O–H groups in total. The number of ether oxygens (including phenoxy) is 4. The number of benzene rings is 2. The minimum absolute atomic E-state index is 0.00425. The fourth-order valence-corrected chi connectivity index (χ4v) is 10.2. The zero-order chi connectivity index (χ0) is 45.4. The molecule has 0 aromatic heterocycles. The van der Waals surface area contributed by atoms with Crippen LogP contribution >= 0.6 is 0 Å². The average Bonchev–Trinajstić information content (AvgIpc) is 3.31. The summed E-state index contributed by atoms with van der Waals surface area (Å²) in [6.07, 6.45) is 21.5. The van der Waals surface area contributed by atoms with E-state index < -0.39 is 17.7 Å². The summed E-state index contributed by atoms with van der Waals surface area (Å²) in [4.78, 5) is 23.1. The Morgan fingerprint density at radius 2 is 1.58 bits per heavy atom. The molecule has 1 saturated carbocycles. The van der Waals surface area contributed by atoms with Gasteiger partial charge in [-0.25, -0.2) is 0 Å². The normalized spacial score (nSPS) is 22.8. The highest BCUT2D eigenvalue weighted by Gasteiger charge is 2.65. The SMILES string of the molecule is C=CCOc1ccc2c(c1)[C@H]1[C@H](CCCCO)[C@@H](CCCCO)C=C3C(=NOCc4ccccc4)C[C@H](N(CCOCCO)C(=O)CCCCCCCCCCC)[C@@](OCC=C)(O2)[C@H]31. The Hall–Kier alpha value is -4.00. The van der Waals surface area contributed by atoms with Gasteiger partial charge in [-0.15, -0.1) is 6.58 Å². The number of aliphatic hydroxyl groups is 3. The van der Waals surface area contributed by atoms with Gasteiger partial charge in [-0.05, 0) is 73.3 Å². The van der Waals surface area contributed by atoms with Crippen LogP contribution in [0, 0.1) is 17.8 Å². The van der Waals surface area contributed by atoms with Crippen LogP contribution < -0.4 is 9.47 Å². The molecular formula is C53H78N2O9. The van der Waals surface area contributed by atoms with Gasteiger partial charge in [0.25, 0.3) is 0 Å². The second-order valence-electron chi connectivity index (χ2n) is 17.6. The minimum Gasteiger partial charge on any atom is -0.490 e. The Labute approximate surface area is 383 Å². The van der Waals surface area contributed by atoms with Crippen molar-refractivity contribution in [2.24, 2.45) is 22.9 Å². The lowest BCUT2D eigenvalue weighted by Crippen LogP contribution is -2.70. The molecule has 64 heavy (non-hydrogen) atoms. The molecule has 0 saturated heterocycles. The van der Waals surface area contributed by atoms with Crippen LogP contribution in [0.1, 0.15) is 133 Å². The van der Waals surface area contributed by atoms with Gasteiger partial charge in [-0.2, -0.15) is 0 Å². The standard InChI is InChI=1S/C53H78N2O9/c1-4-7-8-9-10-11-12-13-17-26-50(59)55(29-35-60-36-32-58)49-39-47(54-63-40-41-22-15-14-16-23-41)45-37-42(24-18-20-30-56)44(25-19-21-31-57)51-46-38-43(61-33-5-2)27-28-48(46)64-53(49,52(45)51)62-34-6-3/h5-6,14-16,22-23,27-28,37-38,42,44,49,51-52,56-58H,2-4,7-13,17-21,24-26,29-36,39-40H2,1H3/t42-,44+,49-,51+,52+,53+/m0/s1. The molecule has 2 aliphatic carbocycles. The van der Waals surface area contributed by atoms with Crippen molar-refractivity contribution in [3.63, 3.8) is 0 Å². The summed E-state index contributed by atoms with van der Waals surface area (Å²) in [5, 5.41) is 34.5. The van der Waals surface area contributed by atoms with Crippen molar-refractivity contribution < 1.29 is 43.9 Å². The maximum absolute atomic E-state index is 14.9. The Balaban J connectivity index is 1.65. The fraction of sp³-hybridized carbons (Fsp3) is 0.623. The molecule has 1 aliphatic heterocycles. The number of fused-ring (bicyclic) bond motifs is 2. The molecule has 2 aromatic rings. The van der Waals surface area contributed by atoms with Crippen LogP contribution in [0.4, 0.5) is 0 Å². The summed E-state index contributed by atoms with van der Waals surface area (Å²) < 4.78 is 26.6. The first-order valence-electron chi connectivity index (χ1n) is 24.4. The van der Waals surface area contributed by atoms with E-state index in [-0.39, 0.29) is 76.5 Å². The van der Waals surface area contributed by atoms with E-state index in [1.54, 1.807) is 12.2 Å². The number of unbranched alkanes of at least 4 members (excludes halogenated alkanes) is 10. The number of carbonyl (C=O) groups excluding carboxylic acids is 1. The number of oxime groups is 1. The minimum atomic E-state index is -1.37. The molecular weight excluding hydrogens is 809 g/mol. The highest BCUT2D eigenvalue weighted by molar-refractivity contribution is 6.03. The molecule has 3 aliphatic rings.